The number of rotatable bonds is 5. The molecule has 0 radical (unpaired) electrons. The summed E-state index contributed by atoms with van der Waals surface area (Å²) in [7, 11) is 1.89. The molecular weight excluding hydrogens is 334 g/mol. The highest BCUT2D eigenvalue weighted by molar-refractivity contribution is 5.80. The van der Waals surface area contributed by atoms with Gasteiger partial charge in [0.1, 0.15) is 0 Å². The molecule has 3 rings (SSSR count). The molecule has 1 N–H and O–H groups in total. The van der Waals surface area contributed by atoms with Crippen molar-refractivity contribution >= 4 is 5.96 Å². The SMILES string of the molecule is CN=C(NCCCn1nc(C)cc1C)N1CCC(c2ccccc2)C(C)C1. The van der Waals surface area contributed by atoms with Crippen LogP contribution in [0.25, 0.3) is 0 Å². The fourth-order valence-electron chi connectivity index (χ4n) is 4.20. The molecule has 0 amide bonds. The van der Waals surface area contributed by atoms with E-state index in [1.165, 1.54) is 17.7 Å². The van der Waals surface area contributed by atoms with Crippen molar-refractivity contribution in [2.45, 2.75) is 46.1 Å². The van der Waals surface area contributed by atoms with Crippen LogP contribution >= 0.6 is 0 Å². The van der Waals surface area contributed by atoms with Crippen LogP contribution in [0.4, 0.5) is 0 Å². The van der Waals surface area contributed by atoms with Crippen LogP contribution < -0.4 is 5.32 Å². The number of piperidine rings is 1. The Bertz CT molecular complexity index is 749. The molecule has 27 heavy (non-hydrogen) atoms. The van der Waals surface area contributed by atoms with Crippen LogP contribution in [-0.2, 0) is 6.54 Å². The molecule has 146 valence electrons. The smallest absolute Gasteiger partial charge is 0.193 e. The number of benzene rings is 1. The Morgan fingerprint density at radius 1 is 1.26 bits per heavy atom. The Labute approximate surface area is 163 Å². The van der Waals surface area contributed by atoms with Crippen molar-refractivity contribution in [3.8, 4) is 0 Å². The number of hydrogen-bond acceptors (Lipinski definition) is 2. The Morgan fingerprint density at radius 2 is 2.04 bits per heavy atom. The van der Waals surface area contributed by atoms with Gasteiger partial charge in [0.2, 0.25) is 0 Å². The second-order valence-corrected chi connectivity index (χ2v) is 7.71. The summed E-state index contributed by atoms with van der Waals surface area (Å²) in [5, 5.41) is 8.08. The van der Waals surface area contributed by atoms with E-state index in [1.54, 1.807) is 0 Å². The number of aromatic nitrogens is 2. The van der Waals surface area contributed by atoms with Gasteiger partial charge >= 0.3 is 0 Å². The average Bonchev–Trinajstić information content (AvgIpc) is 2.99. The zero-order valence-electron chi connectivity index (χ0n) is 17.2. The minimum absolute atomic E-state index is 0.620. The molecule has 0 bridgehead atoms. The summed E-state index contributed by atoms with van der Waals surface area (Å²) in [6.07, 6.45) is 2.22. The first-order chi connectivity index (χ1) is 13.1. The molecule has 1 fully saturated rings. The molecule has 2 aromatic rings. The van der Waals surface area contributed by atoms with E-state index >= 15 is 0 Å². The second-order valence-electron chi connectivity index (χ2n) is 7.71. The molecule has 1 aromatic heterocycles. The van der Waals surface area contributed by atoms with Crippen LogP contribution in [0, 0.1) is 19.8 Å². The van der Waals surface area contributed by atoms with Crippen molar-refractivity contribution < 1.29 is 0 Å². The van der Waals surface area contributed by atoms with Gasteiger partial charge in [-0.15, -0.1) is 0 Å². The van der Waals surface area contributed by atoms with Gasteiger partial charge in [0.25, 0.3) is 0 Å². The van der Waals surface area contributed by atoms with Gasteiger partial charge in [0.15, 0.2) is 5.96 Å². The molecule has 1 aliphatic heterocycles. The average molecular weight is 368 g/mol. The molecule has 0 spiro atoms. The van der Waals surface area contributed by atoms with Crippen LogP contribution in [-0.4, -0.2) is 47.3 Å². The lowest BCUT2D eigenvalue weighted by Gasteiger charge is -2.39. The van der Waals surface area contributed by atoms with E-state index in [4.69, 9.17) is 0 Å². The largest absolute Gasteiger partial charge is 0.356 e. The van der Waals surface area contributed by atoms with E-state index in [1.807, 2.05) is 14.0 Å². The zero-order chi connectivity index (χ0) is 19.2. The molecule has 1 aromatic carbocycles. The van der Waals surface area contributed by atoms with Gasteiger partial charge in [-0.05, 0) is 50.2 Å². The monoisotopic (exact) mass is 367 g/mol. The van der Waals surface area contributed by atoms with Crippen molar-refractivity contribution in [2.75, 3.05) is 26.7 Å². The fraction of sp³-hybridized carbons (Fsp3) is 0.545. The van der Waals surface area contributed by atoms with E-state index in [9.17, 15) is 0 Å². The lowest BCUT2D eigenvalue weighted by Crippen LogP contribution is -2.48. The zero-order valence-corrected chi connectivity index (χ0v) is 17.2. The normalized spacial score (nSPS) is 20.7. The molecule has 1 aliphatic rings. The minimum Gasteiger partial charge on any atom is -0.356 e. The van der Waals surface area contributed by atoms with Crippen molar-refractivity contribution in [3.05, 3.63) is 53.3 Å². The van der Waals surface area contributed by atoms with Gasteiger partial charge in [-0.3, -0.25) is 9.67 Å². The molecule has 5 heteroatoms. The molecule has 1 saturated heterocycles. The highest BCUT2D eigenvalue weighted by Crippen LogP contribution is 2.32. The predicted molar refractivity (Wildman–Crippen MR) is 112 cm³/mol. The first-order valence-corrected chi connectivity index (χ1v) is 10.1. The maximum atomic E-state index is 4.53. The first-order valence-electron chi connectivity index (χ1n) is 10.1. The topological polar surface area (TPSA) is 45.5 Å². The molecule has 2 heterocycles. The number of nitrogens with zero attached hydrogens (tertiary/aromatic N) is 4. The highest BCUT2D eigenvalue weighted by atomic mass is 15.3. The third-order valence-corrected chi connectivity index (χ3v) is 5.58. The molecule has 5 nitrogen and oxygen atoms in total. The van der Waals surface area contributed by atoms with Gasteiger partial charge in [-0.25, -0.2) is 0 Å². The van der Waals surface area contributed by atoms with Crippen LogP contribution in [0.15, 0.2) is 41.4 Å². The number of aliphatic imine (C=N–C) groups is 1. The highest BCUT2D eigenvalue weighted by Gasteiger charge is 2.28. The third kappa shape index (κ3) is 4.90. The summed E-state index contributed by atoms with van der Waals surface area (Å²) in [6, 6.07) is 13.1. The van der Waals surface area contributed by atoms with Gasteiger partial charge < -0.3 is 10.2 Å². The van der Waals surface area contributed by atoms with E-state index in [2.05, 4.69) is 75.2 Å². The molecule has 2 atom stereocenters. The van der Waals surface area contributed by atoms with E-state index in [-0.39, 0.29) is 0 Å². The molecular formula is C22H33N5. The number of guanidine groups is 1. The van der Waals surface area contributed by atoms with Crippen LogP contribution in [0.2, 0.25) is 0 Å². The van der Waals surface area contributed by atoms with Gasteiger partial charge in [0, 0.05) is 38.9 Å². The quantitative estimate of drug-likeness (QED) is 0.499. The van der Waals surface area contributed by atoms with Gasteiger partial charge in [-0.1, -0.05) is 37.3 Å². The van der Waals surface area contributed by atoms with Crippen LogP contribution in [0.3, 0.4) is 0 Å². The maximum Gasteiger partial charge on any atom is 0.193 e. The summed E-state index contributed by atoms with van der Waals surface area (Å²) < 4.78 is 2.09. The predicted octanol–water partition coefficient (Wildman–Crippen LogP) is 3.59. The van der Waals surface area contributed by atoms with Crippen LogP contribution in [0.5, 0.6) is 0 Å². The lowest BCUT2D eigenvalue weighted by atomic mass is 9.82. The number of nitrogens with one attached hydrogen (secondary N) is 1. The van der Waals surface area contributed by atoms with Crippen LogP contribution in [0.1, 0.15) is 42.6 Å². The first kappa shape index (κ1) is 19.5. The van der Waals surface area contributed by atoms with Gasteiger partial charge in [0.05, 0.1) is 5.69 Å². The third-order valence-electron chi connectivity index (χ3n) is 5.58. The number of likely N-dealkylation sites (tertiary alicyclic amines) is 1. The number of hydrogen-bond donors (Lipinski definition) is 1. The second kappa shape index (κ2) is 9.07. The summed E-state index contributed by atoms with van der Waals surface area (Å²) >= 11 is 0. The Kier molecular flexibility index (Phi) is 6.54. The Balaban J connectivity index is 1.48. The Hall–Kier alpha value is -2.30. The minimum atomic E-state index is 0.620. The van der Waals surface area contributed by atoms with Crippen molar-refractivity contribution in [1.29, 1.82) is 0 Å². The summed E-state index contributed by atoms with van der Waals surface area (Å²) in [5.74, 6) is 2.29. The summed E-state index contributed by atoms with van der Waals surface area (Å²) in [6.45, 7) is 10.5. The summed E-state index contributed by atoms with van der Waals surface area (Å²) in [5.41, 5.74) is 3.79. The van der Waals surface area contributed by atoms with E-state index < -0.39 is 0 Å². The maximum absolute atomic E-state index is 4.53. The van der Waals surface area contributed by atoms with Gasteiger partial charge in [-0.2, -0.15) is 5.10 Å². The molecule has 0 saturated carbocycles. The fourth-order valence-corrected chi connectivity index (χ4v) is 4.20. The Morgan fingerprint density at radius 3 is 2.67 bits per heavy atom. The molecule has 2 unspecified atom stereocenters. The van der Waals surface area contributed by atoms with Crippen molar-refractivity contribution in [1.82, 2.24) is 20.0 Å². The van der Waals surface area contributed by atoms with E-state index in [0.29, 0.717) is 11.8 Å². The van der Waals surface area contributed by atoms with Crippen molar-refractivity contribution in [2.24, 2.45) is 10.9 Å². The molecule has 0 aliphatic carbocycles. The van der Waals surface area contributed by atoms with Crippen molar-refractivity contribution in [3.63, 3.8) is 0 Å². The lowest BCUT2D eigenvalue weighted by molar-refractivity contribution is 0.234. The summed E-state index contributed by atoms with van der Waals surface area (Å²) in [4.78, 5) is 6.93. The standard InChI is InChI=1S/C22H33N5/c1-17-16-26(14-11-21(17)20-9-6-5-7-10-20)22(23-4)24-12-8-13-27-19(3)15-18(2)25-27/h5-7,9-10,15,17,21H,8,11-14,16H2,1-4H3,(H,23,24). The number of aryl methyl sites for hydroxylation is 3. The van der Waals surface area contributed by atoms with E-state index in [0.717, 1.165) is 44.3 Å².